The second-order valence-electron chi connectivity index (χ2n) is 4.70. The number of carbonyl (C=O) groups is 1. The van der Waals surface area contributed by atoms with E-state index in [0.29, 0.717) is 11.3 Å². The van der Waals surface area contributed by atoms with Crippen LogP contribution in [0.3, 0.4) is 0 Å². The van der Waals surface area contributed by atoms with Gasteiger partial charge >= 0.3 is 0 Å². The normalized spacial score (nSPS) is 11.8. The second-order valence-corrected chi connectivity index (χ2v) is 5.62. The van der Waals surface area contributed by atoms with Crippen LogP contribution < -0.4 is 15.8 Å². The number of nitrogens with one attached hydrogen (secondary N) is 1. The Morgan fingerprint density at radius 3 is 2.67 bits per heavy atom. The van der Waals surface area contributed by atoms with Crippen LogP contribution in [0.15, 0.2) is 46.9 Å². The molecule has 1 unspecified atom stereocenters. The van der Waals surface area contributed by atoms with Crippen LogP contribution in [0.2, 0.25) is 0 Å². The molecule has 1 atom stereocenters. The molecule has 0 saturated heterocycles. The molecule has 21 heavy (non-hydrogen) atoms. The molecular formula is C16H17BrN2O2. The Bertz CT molecular complexity index is 658. The molecule has 0 radical (unpaired) electrons. The van der Waals surface area contributed by atoms with Gasteiger partial charge in [-0.25, -0.2) is 0 Å². The van der Waals surface area contributed by atoms with Crippen LogP contribution >= 0.6 is 15.9 Å². The van der Waals surface area contributed by atoms with E-state index in [2.05, 4.69) is 21.2 Å². The smallest absolute Gasteiger partial charge is 0.248 e. The third kappa shape index (κ3) is 3.76. The maximum absolute atomic E-state index is 11.3. The van der Waals surface area contributed by atoms with E-state index < -0.39 is 5.91 Å². The van der Waals surface area contributed by atoms with Crippen molar-refractivity contribution in [3.63, 3.8) is 0 Å². The van der Waals surface area contributed by atoms with Crippen molar-refractivity contribution in [2.45, 2.75) is 13.0 Å². The van der Waals surface area contributed by atoms with Crippen LogP contribution in [-0.2, 0) is 0 Å². The second kappa shape index (κ2) is 6.63. The molecule has 2 aromatic rings. The number of carbonyl (C=O) groups excluding carboxylic acids is 1. The van der Waals surface area contributed by atoms with Gasteiger partial charge in [-0.15, -0.1) is 0 Å². The van der Waals surface area contributed by atoms with Crippen molar-refractivity contribution < 1.29 is 9.53 Å². The molecule has 0 aliphatic heterocycles. The van der Waals surface area contributed by atoms with Gasteiger partial charge in [0, 0.05) is 16.1 Å². The number of ether oxygens (including phenoxy) is 1. The number of rotatable bonds is 5. The minimum atomic E-state index is -0.462. The molecule has 2 rings (SSSR count). The Kier molecular flexibility index (Phi) is 4.85. The molecule has 0 bridgehead atoms. The summed E-state index contributed by atoms with van der Waals surface area (Å²) in [6, 6.07) is 13.2. The maximum atomic E-state index is 11.3. The highest BCUT2D eigenvalue weighted by molar-refractivity contribution is 9.10. The Hall–Kier alpha value is -2.01. The molecule has 110 valence electrons. The van der Waals surface area contributed by atoms with Crippen LogP contribution in [0.4, 0.5) is 5.69 Å². The topological polar surface area (TPSA) is 64.3 Å². The first-order valence-electron chi connectivity index (χ1n) is 6.51. The molecule has 0 heterocycles. The number of amides is 1. The van der Waals surface area contributed by atoms with Crippen molar-refractivity contribution in [1.29, 1.82) is 0 Å². The van der Waals surface area contributed by atoms with Gasteiger partial charge in [0.2, 0.25) is 5.91 Å². The van der Waals surface area contributed by atoms with Crippen molar-refractivity contribution in [1.82, 2.24) is 0 Å². The molecule has 1 amide bonds. The van der Waals surface area contributed by atoms with Gasteiger partial charge in [0.05, 0.1) is 12.8 Å². The van der Waals surface area contributed by atoms with Gasteiger partial charge in [-0.05, 0) is 42.8 Å². The summed E-state index contributed by atoms with van der Waals surface area (Å²) < 4.78 is 6.34. The summed E-state index contributed by atoms with van der Waals surface area (Å²) in [5.41, 5.74) is 7.62. The zero-order chi connectivity index (χ0) is 15.4. The maximum Gasteiger partial charge on any atom is 0.248 e. The standard InChI is InChI=1S/C16H17BrN2O2/c1-10(11-4-3-5-13(17)8-11)19-14-9-12(16(18)20)6-7-15(14)21-2/h3-10,19H,1-2H3,(H2,18,20). The first-order chi connectivity index (χ1) is 10.0. The Labute approximate surface area is 132 Å². The lowest BCUT2D eigenvalue weighted by Crippen LogP contribution is -2.13. The largest absolute Gasteiger partial charge is 0.495 e. The summed E-state index contributed by atoms with van der Waals surface area (Å²) in [4.78, 5) is 11.3. The van der Waals surface area contributed by atoms with E-state index in [9.17, 15) is 4.79 Å². The summed E-state index contributed by atoms with van der Waals surface area (Å²) in [5.74, 6) is 0.206. The molecule has 0 aliphatic rings. The highest BCUT2D eigenvalue weighted by atomic mass is 79.9. The van der Waals surface area contributed by atoms with Gasteiger partial charge in [-0.2, -0.15) is 0 Å². The zero-order valence-electron chi connectivity index (χ0n) is 11.9. The van der Waals surface area contributed by atoms with Crippen molar-refractivity contribution in [3.05, 3.63) is 58.1 Å². The fourth-order valence-electron chi connectivity index (χ4n) is 2.07. The minimum absolute atomic E-state index is 0.0551. The first-order valence-corrected chi connectivity index (χ1v) is 7.30. The summed E-state index contributed by atoms with van der Waals surface area (Å²) in [7, 11) is 1.59. The fourth-order valence-corrected chi connectivity index (χ4v) is 2.48. The SMILES string of the molecule is COc1ccc(C(N)=O)cc1NC(C)c1cccc(Br)c1. The van der Waals surface area contributed by atoms with Crippen molar-refractivity contribution in [3.8, 4) is 5.75 Å². The van der Waals surface area contributed by atoms with Gasteiger partial charge in [0.15, 0.2) is 0 Å². The van der Waals surface area contributed by atoms with Gasteiger partial charge in [-0.1, -0.05) is 28.1 Å². The molecule has 5 heteroatoms. The Morgan fingerprint density at radius 1 is 1.29 bits per heavy atom. The monoisotopic (exact) mass is 348 g/mol. The lowest BCUT2D eigenvalue weighted by Gasteiger charge is -2.18. The molecule has 0 aromatic heterocycles. The molecule has 3 N–H and O–H groups in total. The molecular weight excluding hydrogens is 332 g/mol. The average molecular weight is 349 g/mol. The van der Waals surface area contributed by atoms with Gasteiger partial charge < -0.3 is 15.8 Å². The Morgan fingerprint density at radius 2 is 2.05 bits per heavy atom. The zero-order valence-corrected chi connectivity index (χ0v) is 13.5. The predicted octanol–water partition coefficient (Wildman–Crippen LogP) is 3.73. The Balaban J connectivity index is 2.29. The van der Waals surface area contributed by atoms with Gasteiger partial charge in [0.1, 0.15) is 5.75 Å². The molecule has 0 saturated carbocycles. The van der Waals surface area contributed by atoms with Crippen molar-refractivity contribution in [2.75, 3.05) is 12.4 Å². The minimum Gasteiger partial charge on any atom is -0.495 e. The van der Waals surface area contributed by atoms with E-state index in [0.717, 1.165) is 15.7 Å². The molecule has 2 aromatic carbocycles. The third-order valence-electron chi connectivity index (χ3n) is 3.20. The number of primary amides is 1. The molecule has 4 nitrogen and oxygen atoms in total. The van der Waals surface area contributed by atoms with E-state index in [4.69, 9.17) is 10.5 Å². The van der Waals surface area contributed by atoms with Crippen molar-refractivity contribution in [2.24, 2.45) is 5.73 Å². The van der Waals surface area contributed by atoms with E-state index in [1.165, 1.54) is 0 Å². The summed E-state index contributed by atoms with van der Waals surface area (Å²) in [6.07, 6.45) is 0. The number of anilines is 1. The van der Waals surface area contributed by atoms with E-state index in [1.54, 1.807) is 25.3 Å². The van der Waals surface area contributed by atoms with E-state index in [-0.39, 0.29) is 6.04 Å². The predicted molar refractivity (Wildman–Crippen MR) is 87.7 cm³/mol. The number of hydrogen-bond donors (Lipinski definition) is 2. The lowest BCUT2D eigenvalue weighted by molar-refractivity contribution is 0.100. The molecule has 0 spiro atoms. The van der Waals surface area contributed by atoms with Crippen LogP contribution in [-0.4, -0.2) is 13.0 Å². The third-order valence-corrected chi connectivity index (χ3v) is 3.70. The van der Waals surface area contributed by atoms with Gasteiger partial charge in [0.25, 0.3) is 0 Å². The number of benzene rings is 2. The van der Waals surface area contributed by atoms with E-state index >= 15 is 0 Å². The van der Waals surface area contributed by atoms with Crippen LogP contribution in [0.25, 0.3) is 0 Å². The molecule has 0 aliphatic carbocycles. The number of hydrogen-bond acceptors (Lipinski definition) is 3. The summed E-state index contributed by atoms with van der Waals surface area (Å²) >= 11 is 3.46. The van der Waals surface area contributed by atoms with Crippen molar-refractivity contribution >= 4 is 27.5 Å². The average Bonchev–Trinajstić information content (AvgIpc) is 2.47. The quantitative estimate of drug-likeness (QED) is 0.865. The first kappa shape index (κ1) is 15.4. The molecule has 0 fully saturated rings. The van der Waals surface area contributed by atoms with Crippen LogP contribution in [0.1, 0.15) is 28.9 Å². The highest BCUT2D eigenvalue weighted by Crippen LogP contribution is 2.29. The lowest BCUT2D eigenvalue weighted by atomic mass is 10.1. The van der Waals surface area contributed by atoms with E-state index in [1.807, 2.05) is 31.2 Å². The highest BCUT2D eigenvalue weighted by Gasteiger charge is 2.11. The summed E-state index contributed by atoms with van der Waals surface area (Å²) in [5, 5.41) is 3.35. The summed E-state index contributed by atoms with van der Waals surface area (Å²) in [6.45, 7) is 2.04. The fraction of sp³-hybridized carbons (Fsp3) is 0.188. The van der Waals surface area contributed by atoms with Crippen LogP contribution in [0.5, 0.6) is 5.75 Å². The van der Waals surface area contributed by atoms with Crippen LogP contribution in [0, 0.1) is 0 Å². The number of nitrogens with two attached hydrogens (primary N) is 1. The number of methoxy groups -OCH3 is 1. The van der Waals surface area contributed by atoms with Gasteiger partial charge in [-0.3, -0.25) is 4.79 Å². The number of halogens is 1.